The highest BCUT2D eigenvalue weighted by Crippen LogP contribution is 2.37. The summed E-state index contributed by atoms with van der Waals surface area (Å²) in [6.45, 7) is 2.91. The van der Waals surface area contributed by atoms with E-state index < -0.39 is 56.8 Å². The molecule has 3 N–H and O–H groups in total. The standard InChI is InChI=1S/C14H23N2O9P/c1-7-4-16(14(19)15-12(7)18)13-11(23-8(2)6-22-3)10(25-26(20)21)9(5-17)24-13/h4,8-11,13,17,26H,5-6H2,1-3H3,(H,20,21)(H,15,18,19)/t8-,9+,10?,11-,13+/m0/s1. The van der Waals surface area contributed by atoms with Gasteiger partial charge in [-0.25, -0.2) is 4.79 Å². The Balaban J connectivity index is 2.44. The van der Waals surface area contributed by atoms with E-state index in [4.69, 9.17) is 23.6 Å². The van der Waals surface area contributed by atoms with Gasteiger partial charge in [-0.2, -0.15) is 0 Å². The number of nitrogens with one attached hydrogen (secondary N) is 1. The molecule has 0 bridgehead atoms. The topological polar surface area (TPSA) is 149 Å². The molecule has 1 saturated heterocycles. The van der Waals surface area contributed by atoms with E-state index in [9.17, 15) is 19.3 Å². The first kappa shape index (κ1) is 21.0. The summed E-state index contributed by atoms with van der Waals surface area (Å²) in [5.41, 5.74) is -1.02. The summed E-state index contributed by atoms with van der Waals surface area (Å²) >= 11 is 0. The van der Waals surface area contributed by atoms with Crippen molar-refractivity contribution < 1.29 is 33.3 Å². The fraction of sp³-hybridized carbons (Fsp3) is 0.714. The number of hydrogen-bond donors (Lipinski definition) is 3. The first-order chi connectivity index (χ1) is 12.3. The van der Waals surface area contributed by atoms with Gasteiger partial charge in [0.2, 0.25) is 0 Å². The molecule has 1 fully saturated rings. The molecule has 148 valence electrons. The number of nitrogens with zero attached hydrogens (tertiary/aromatic N) is 1. The number of aliphatic hydroxyl groups is 1. The van der Waals surface area contributed by atoms with Crippen molar-refractivity contribution in [3.63, 3.8) is 0 Å². The summed E-state index contributed by atoms with van der Waals surface area (Å²) in [5, 5.41) is 9.53. The van der Waals surface area contributed by atoms with Gasteiger partial charge in [0.15, 0.2) is 6.23 Å². The third-order valence-corrected chi connectivity index (χ3v) is 4.39. The second-order valence-corrected chi connectivity index (χ2v) is 6.71. The largest absolute Gasteiger partial charge is 0.394 e. The lowest BCUT2D eigenvalue weighted by molar-refractivity contribution is -0.109. The average Bonchev–Trinajstić information content (AvgIpc) is 2.88. The van der Waals surface area contributed by atoms with Gasteiger partial charge < -0.3 is 28.7 Å². The zero-order valence-corrected chi connectivity index (χ0v) is 15.6. The normalized spacial score (nSPS) is 28.2. The van der Waals surface area contributed by atoms with Gasteiger partial charge in [-0.3, -0.25) is 18.9 Å². The highest BCUT2D eigenvalue weighted by molar-refractivity contribution is 7.32. The number of aliphatic hydroxyl groups excluding tert-OH is 1. The molecule has 12 heteroatoms. The molecule has 2 rings (SSSR count). The van der Waals surface area contributed by atoms with Crippen molar-refractivity contribution >= 4 is 8.25 Å². The van der Waals surface area contributed by atoms with E-state index in [2.05, 4.69) is 4.98 Å². The number of ether oxygens (including phenoxy) is 3. The summed E-state index contributed by atoms with van der Waals surface area (Å²) < 4.78 is 33.8. The minimum absolute atomic E-state index is 0.216. The van der Waals surface area contributed by atoms with Gasteiger partial charge >= 0.3 is 13.9 Å². The molecule has 0 aromatic carbocycles. The quantitative estimate of drug-likeness (QED) is 0.468. The highest BCUT2D eigenvalue weighted by atomic mass is 31.1. The van der Waals surface area contributed by atoms with Crippen LogP contribution in [0.4, 0.5) is 0 Å². The molecule has 0 saturated carbocycles. The Bertz CT molecular complexity index is 749. The monoisotopic (exact) mass is 394 g/mol. The van der Waals surface area contributed by atoms with E-state index in [0.717, 1.165) is 4.57 Å². The van der Waals surface area contributed by atoms with E-state index in [1.54, 1.807) is 6.92 Å². The average molecular weight is 394 g/mol. The summed E-state index contributed by atoms with van der Waals surface area (Å²) in [7, 11) is -1.89. The molecule has 0 spiro atoms. The van der Waals surface area contributed by atoms with Gasteiger partial charge in [0.25, 0.3) is 5.56 Å². The van der Waals surface area contributed by atoms with Crippen LogP contribution in [0.2, 0.25) is 0 Å². The summed E-state index contributed by atoms with van der Waals surface area (Å²) in [6.07, 6.45) is -3.34. The lowest BCUT2D eigenvalue weighted by Gasteiger charge is -2.27. The van der Waals surface area contributed by atoms with Crippen LogP contribution >= 0.6 is 8.25 Å². The maximum atomic E-state index is 12.2. The van der Waals surface area contributed by atoms with Crippen LogP contribution in [0.5, 0.6) is 0 Å². The number of aryl methyl sites for hydroxylation is 1. The van der Waals surface area contributed by atoms with Crippen LogP contribution < -0.4 is 11.2 Å². The maximum absolute atomic E-state index is 12.2. The van der Waals surface area contributed by atoms with Crippen molar-refractivity contribution in [1.82, 2.24) is 9.55 Å². The SMILES string of the molecule is COC[C@H](C)O[C@H]1C(O[PH](=O)O)[C@@H](CO)O[C@H]1n1cc(C)c(=O)[nH]c1=O. The third kappa shape index (κ3) is 4.68. The Kier molecular flexibility index (Phi) is 7.30. The Morgan fingerprint density at radius 1 is 1.42 bits per heavy atom. The predicted octanol–water partition coefficient (Wildman–Crippen LogP) is -1.08. The fourth-order valence-corrected chi connectivity index (χ4v) is 3.32. The molecule has 0 radical (unpaired) electrons. The summed E-state index contributed by atoms with van der Waals surface area (Å²) in [5.74, 6) is 0. The highest BCUT2D eigenvalue weighted by Gasteiger charge is 2.48. The second kappa shape index (κ2) is 9.05. The lowest BCUT2D eigenvalue weighted by atomic mass is 10.1. The minimum atomic E-state index is -3.37. The van der Waals surface area contributed by atoms with Crippen LogP contribution in [0.25, 0.3) is 0 Å². The molecule has 0 aliphatic carbocycles. The number of aromatic amines is 1. The van der Waals surface area contributed by atoms with Crippen LogP contribution in [0.15, 0.2) is 15.8 Å². The second-order valence-electron chi connectivity index (χ2n) is 5.94. The molecule has 1 aromatic heterocycles. The van der Waals surface area contributed by atoms with Crippen molar-refractivity contribution in [2.45, 2.75) is 44.5 Å². The van der Waals surface area contributed by atoms with Crippen LogP contribution in [-0.2, 0) is 23.3 Å². The molecule has 11 nitrogen and oxygen atoms in total. The first-order valence-electron chi connectivity index (χ1n) is 7.90. The number of rotatable bonds is 8. The molecule has 1 aliphatic rings. The molecule has 2 unspecified atom stereocenters. The van der Waals surface area contributed by atoms with Crippen LogP contribution in [-0.4, -0.2) is 64.3 Å². The zero-order chi connectivity index (χ0) is 19.4. The van der Waals surface area contributed by atoms with Gasteiger partial charge in [0.1, 0.15) is 18.3 Å². The van der Waals surface area contributed by atoms with Crippen LogP contribution in [0, 0.1) is 6.92 Å². The summed E-state index contributed by atoms with van der Waals surface area (Å²) in [4.78, 5) is 35.1. The fourth-order valence-electron chi connectivity index (χ4n) is 2.80. The molecule has 1 aromatic rings. The van der Waals surface area contributed by atoms with Gasteiger partial charge in [0, 0.05) is 18.9 Å². The molecule has 0 amide bonds. The van der Waals surface area contributed by atoms with Crippen molar-refractivity contribution in [3.8, 4) is 0 Å². The lowest BCUT2D eigenvalue weighted by Crippen LogP contribution is -2.42. The molecule has 6 atom stereocenters. The Morgan fingerprint density at radius 3 is 2.69 bits per heavy atom. The Morgan fingerprint density at radius 2 is 2.12 bits per heavy atom. The zero-order valence-electron chi connectivity index (χ0n) is 14.6. The first-order valence-corrected chi connectivity index (χ1v) is 9.17. The van der Waals surface area contributed by atoms with Crippen molar-refractivity contribution in [1.29, 1.82) is 0 Å². The number of H-pyrrole nitrogens is 1. The van der Waals surface area contributed by atoms with Crippen LogP contribution in [0.3, 0.4) is 0 Å². The van der Waals surface area contributed by atoms with E-state index in [1.807, 2.05) is 0 Å². The van der Waals surface area contributed by atoms with E-state index in [-0.39, 0.29) is 12.2 Å². The minimum Gasteiger partial charge on any atom is -0.394 e. The molecular weight excluding hydrogens is 371 g/mol. The molecular formula is C14H23N2O9P. The van der Waals surface area contributed by atoms with Gasteiger partial charge in [-0.15, -0.1) is 0 Å². The number of hydrogen-bond acceptors (Lipinski definition) is 8. The van der Waals surface area contributed by atoms with E-state index in [1.165, 1.54) is 20.2 Å². The number of methoxy groups -OCH3 is 1. The molecule has 2 heterocycles. The van der Waals surface area contributed by atoms with Crippen molar-refractivity contribution in [3.05, 3.63) is 32.6 Å². The van der Waals surface area contributed by atoms with Gasteiger partial charge in [0.05, 0.1) is 19.3 Å². The Labute approximate surface area is 149 Å². The molecule has 26 heavy (non-hydrogen) atoms. The van der Waals surface area contributed by atoms with Crippen molar-refractivity contribution in [2.24, 2.45) is 0 Å². The van der Waals surface area contributed by atoms with Gasteiger partial charge in [-0.05, 0) is 13.8 Å². The van der Waals surface area contributed by atoms with Gasteiger partial charge in [-0.1, -0.05) is 0 Å². The van der Waals surface area contributed by atoms with Crippen molar-refractivity contribution in [2.75, 3.05) is 20.3 Å². The predicted molar refractivity (Wildman–Crippen MR) is 89.4 cm³/mol. The maximum Gasteiger partial charge on any atom is 0.330 e. The van der Waals surface area contributed by atoms with E-state index >= 15 is 0 Å². The van der Waals surface area contributed by atoms with E-state index in [0.29, 0.717) is 0 Å². The molecule has 1 aliphatic heterocycles. The summed E-state index contributed by atoms with van der Waals surface area (Å²) in [6, 6.07) is 0. The van der Waals surface area contributed by atoms with Crippen LogP contribution in [0.1, 0.15) is 18.7 Å². The smallest absolute Gasteiger partial charge is 0.330 e. The number of aromatic nitrogens is 2. The third-order valence-electron chi connectivity index (χ3n) is 3.91. The Hall–Kier alpha value is -1.33.